The summed E-state index contributed by atoms with van der Waals surface area (Å²) >= 11 is 0. The number of nitrogens with zero attached hydrogens (tertiary/aromatic N) is 2. The van der Waals surface area contributed by atoms with Gasteiger partial charge in [0.15, 0.2) is 0 Å². The third-order valence-corrected chi connectivity index (χ3v) is 2.90. The molecule has 0 amide bonds. The molecule has 0 saturated carbocycles. The van der Waals surface area contributed by atoms with Crippen molar-refractivity contribution in [3.05, 3.63) is 11.9 Å². The van der Waals surface area contributed by atoms with Crippen LogP contribution in [0.3, 0.4) is 0 Å². The first-order valence-corrected chi connectivity index (χ1v) is 5.79. The predicted molar refractivity (Wildman–Crippen MR) is 62.1 cm³/mol. The van der Waals surface area contributed by atoms with E-state index >= 15 is 0 Å². The van der Waals surface area contributed by atoms with Crippen LogP contribution in [0.5, 0.6) is 0 Å². The maximum atomic E-state index is 4.43. The minimum absolute atomic E-state index is 0.563. The van der Waals surface area contributed by atoms with Crippen molar-refractivity contribution >= 4 is 5.69 Å². The Morgan fingerprint density at radius 3 is 3.20 bits per heavy atom. The fraction of sp³-hybridized carbons (Fsp3) is 0.727. The average molecular weight is 208 g/mol. The number of rotatable bonds is 3. The average Bonchev–Trinajstić information content (AvgIpc) is 2.60. The van der Waals surface area contributed by atoms with E-state index in [1.807, 2.05) is 11.7 Å². The van der Waals surface area contributed by atoms with Crippen molar-refractivity contribution in [2.75, 3.05) is 18.4 Å². The van der Waals surface area contributed by atoms with Crippen LogP contribution < -0.4 is 10.6 Å². The highest BCUT2D eigenvalue weighted by molar-refractivity contribution is 5.47. The van der Waals surface area contributed by atoms with E-state index in [1.54, 1.807) is 0 Å². The van der Waals surface area contributed by atoms with Crippen molar-refractivity contribution in [3.63, 3.8) is 0 Å². The van der Waals surface area contributed by atoms with Crippen LogP contribution in [0.15, 0.2) is 6.20 Å². The van der Waals surface area contributed by atoms with E-state index < -0.39 is 0 Å². The van der Waals surface area contributed by atoms with E-state index in [9.17, 15) is 0 Å². The van der Waals surface area contributed by atoms with Crippen LogP contribution in [0.4, 0.5) is 5.69 Å². The maximum Gasteiger partial charge on any atom is 0.0853 e. The van der Waals surface area contributed by atoms with Gasteiger partial charge in [-0.3, -0.25) is 4.68 Å². The van der Waals surface area contributed by atoms with Gasteiger partial charge in [0, 0.05) is 25.8 Å². The molecule has 1 fully saturated rings. The summed E-state index contributed by atoms with van der Waals surface area (Å²) in [5.74, 6) is 0. The molecule has 0 spiro atoms. The molecular formula is C11H20N4. The summed E-state index contributed by atoms with van der Waals surface area (Å²) in [5.41, 5.74) is 2.37. The fourth-order valence-corrected chi connectivity index (χ4v) is 2.11. The van der Waals surface area contributed by atoms with Crippen molar-refractivity contribution in [2.45, 2.75) is 32.2 Å². The van der Waals surface area contributed by atoms with Crippen LogP contribution in [0, 0.1) is 0 Å². The van der Waals surface area contributed by atoms with Crippen LogP contribution in [-0.2, 0) is 13.5 Å². The van der Waals surface area contributed by atoms with E-state index in [2.05, 4.69) is 28.9 Å². The van der Waals surface area contributed by atoms with Gasteiger partial charge in [-0.2, -0.15) is 5.10 Å². The van der Waals surface area contributed by atoms with Gasteiger partial charge in [-0.25, -0.2) is 0 Å². The number of hydrogen-bond acceptors (Lipinski definition) is 3. The van der Waals surface area contributed by atoms with Gasteiger partial charge in [0.1, 0.15) is 0 Å². The van der Waals surface area contributed by atoms with Gasteiger partial charge in [-0.15, -0.1) is 0 Å². The molecule has 0 aromatic carbocycles. The Labute approximate surface area is 91.1 Å². The predicted octanol–water partition coefficient (Wildman–Crippen LogP) is 1.15. The van der Waals surface area contributed by atoms with Crippen molar-refractivity contribution in [2.24, 2.45) is 7.05 Å². The standard InChI is InChI=1S/C11H20N4/c1-3-10-11(8-15(2)14-10)13-9-5-4-6-12-7-9/h8-9,12-13H,3-7H2,1-2H3. The lowest BCUT2D eigenvalue weighted by Gasteiger charge is -2.24. The van der Waals surface area contributed by atoms with E-state index in [1.165, 1.54) is 24.2 Å². The summed E-state index contributed by atoms with van der Waals surface area (Å²) < 4.78 is 1.89. The molecule has 2 heterocycles. The Kier molecular flexibility index (Phi) is 3.26. The second-order valence-electron chi connectivity index (χ2n) is 4.20. The lowest BCUT2D eigenvalue weighted by atomic mass is 10.1. The summed E-state index contributed by atoms with van der Waals surface area (Å²) in [6.07, 6.45) is 5.58. The van der Waals surface area contributed by atoms with Crippen LogP contribution >= 0.6 is 0 Å². The van der Waals surface area contributed by atoms with Crippen molar-refractivity contribution in [3.8, 4) is 0 Å². The highest BCUT2D eigenvalue weighted by Crippen LogP contribution is 2.17. The maximum absolute atomic E-state index is 4.43. The molecule has 0 radical (unpaired) electrons. The largest absolute Gasteiger partial charge is 0.378 e. The van der Waals surface area contributed by atoms with E-state index in [0.717, 1.165) is 19.5 Å². The fourth-order valence-electron chi connectivity index (χ4n) is 2.11. The number of hydrogen-bond donors (Lipinski definition) is 2. The molecule has 1 saturated heterocycles. The molecular weight excluding hydrogens is 188 g/mol. The van der Waals surface area contributed by atoms with Crippen LogP contribution in [0.2, 0.25) is 0 Å². The number of aromatic nitrogens is 2. The van der Waals surface area contributed by atoms with Crippen molar-refractivity contribution < 1.29 is 0 Å². The Morgan fingerprint density at radius 1 is 1.67 bits per heavy atom. The van der Waals surface area contributed by atoms with Gasteiger partial charge in [0.2, 0.25) is 0 Å². The first-order chi connectivity index (χ1) is 7.29. The number of piperidine rings is 1. The summed E-state index contributed by atoms with van der Waals surface area (Å²) in [6.45, 7) is 4.37. The summed E-state index contributed by atoms with van der Waals surface area (Å²) in [5, 5.41) is 11.4. The highest BCUT2D eigenvalue weighted by Gasteiger charge is 2.14. The second-order valence-corrected chi connectivity index (χ2v) is 4.20. The Morgan fingerprint density at radius 2 is 2.53 bits per heavy atom. The van der Waals surface area contributed by atoms with Crippen LogP contribution in [-0.4, -0.2) is 28.9 Å². The zero-order chi connectivity index (χ0) is 10.7. The molecule has 1 atom stereocenters. The highest BCUT2D eigenvalue weighted by atomic mass is 15.3. The third kappa shape index (κ3) is 2.50. The Balaban J connectivity index is 2.02. The number of aryl methyl sites for hydroxylation is 2. The van der Waals surface area contributed by atoms with Gasteiger partial charge >= 0.3 is 0 Å². The topological polar surface area (TPSA) is 41.9 Å². The summed E-state index contributed by atoms with van der Waals surface area (Å²) in [6, 6.07) is 0.563. The molecule has 15 heavy (non-hydrogen) atoms. The molecule has 2 rings (SSSR count). The normalized spacial score (nSPS) is 21.6. The Hall–Kier alpha value is -1.03. The van der Waals surface area contributed by atoms with Gasteiger partial charge in [0.25, 0.3) is 0 Å². The molecule has 1 aromatic heterocycles. The first-order valence-electron chi connectivity index (χ1n) is 5.79. The second kappa shape index (κ2) is 4.66. The van der Waals surface area contributed by atoms with Gasteiger partial charge < -0.3 is 10.6 Å². The lowest BCUT2D eigenvalue weighted by Crippen LogP contribution is -2.38. The lowest BCUT2D eigenvalue weighted by molar-refractivity contribution is 0.479. The first kappa shape index (κ1) is 10.5. The van der Waals surface area contributed by atoms with Crippen molar-refractivity contribution in [1.82, 2.24) is 15.1 Å². The minimum atomic E-state index is 0.563. The molecule has 2 N–H and O–H groups in total. The summed E-state index contributed by atoms with van der Waals surface area (Å²) in [7, 11) is 1.98. The van der Waals surface area contributed by atoms with E-state index in [4.69, 9.17) is 0 Å². The van der Waals surface area contributed by atoms with E-state index in [-0.39, 0.29) is 0 Å². The molecule has 1 unspecified atom stereocenters. The quantitative estimate of drug-likeness (QED) is 0.783. The monoisotopic (exact) mass is 208 g/mol. The van der Waals surface area contributed by atoms with Gasteiger partial charge in [-0.1, -0.05) is 6.92 Å². The zero-order valence-corrected chi connectivity index (χ0v) is 9.58. The molecule has 0 bridgehead atoms. The molecule has 4 nitrogen and oxygen atoms in total. The van der Waals surface area contributed by atoms with Crippen LogP contribution in [0.25, 0.3) is 0 Å². The number of nitrogens with one attached hydrogen (secondary N) is 2. The Bertz CT molecular complexity index is 312. The number of anilines is 1. The van der Waals surface area contributed by atoms with Crippen molar-refractivity contribution in [1.29, 1.82) is 0 Å². The molecule has 0 aliphatic carbocycles. The SMILES string of the molecule is CCc1nn(C)cc1NC1CCCNC1. The zero-order valence-electron chi connectivity index (χ0n) is 9.58. The smallest absolute Gasteiger partial charge is 0.0853 e. The minimum Gasteiger partial charge on any atom is -0.378 e. The molecule has 84 valence electrons. The van der Waals surface area contributed by atoms with Gasteiger partial charge in [0.05, 0.1) is 11.4 Å². The molecule has 1 aromatic rings. The van der Waals surface area contributed by atoms with E-state index in [0.29, 0.717) is 6.04 Å². The summed E-state index contributed by atoms with van der Waals surface area (Å²) in [4.78, 5) is 0. The third-order valence-electron chi connectivity index (χ3n) is 2.90. The van der Waals surface area contributed by atoms with Gasteiger partial charge in [-0.05, 0) is 25.8 Å². The van der Waals surface area contributed by atoms with Crippen LogP contribution in [0.1, 0.15) is 25.5 Å². The molecule has 4 heteroatoms. The molecule has 1 aliphatic heterocycles. The molecule has 1 aliphatic rings.